The summed E-state index contributed by atoms with van der Waals surface area (Å²) in [7, 11) is 0. The fourth-order valence-corrected chi connectivity index (χ4v) is 2.09. The Morgan fingerprint density at radius 1 is 1.19 bits per heavy atom. The number of carbonyl (C=O) groups excluding carboxylic acids is 2. The second-order valence-electron chi connectivity index (χ2n) is 4.64. The van der Waals surface area contributed by atoms with Crippen LogP contribution in [0, 0.1) is 0 Å². The zero-order valence-electron chi connectivity index (χ0n) is 12.1. The minimum absolute atomic E-state index is 0.0799. The van der Waals surface area contributed by atoms with Crippen LogP contribution < -0.4 is 16.4 Å². The quantitative estimate of drug-likeness (QED) is 0.628. The van der Waals surface area contributed by atoms with E-state index in [0.29, 0.717) is 6.54 Å². The average molecular weight is 307 g/mol. The van der Waals surface area contributed by atoms with E-state index < -0.39 is 5.92 Å². The molecule has 0 fully saturated rings. The molecule has 0 bridgehead atoms. The van der Waals surface area contributed by atoms with E-state index in [0.717, 1.165) is 12.0 Å². The van der Waals surface area contributed by atoms with Gasteiger partial charge in [-0.25, -0.2) is 0 Å². The molecule has 1 aromatic carbocycles. The summed E-state index contributed by atoms with van der Waals surface area (Å²) >= 11 is 4.97. The second kappa shape index (κ2) is 9.07. The first-order valence-corrected chi connectivity index (χ1v) is 7.35. The molecule has 0 heterocycles. The van der Waals surface area contributed by atoms with E-state index in [1.165, 1.54) is 0 Å². The zero-order valence-corrected chi connectivity index (χ0v) is 12.9. The van der Waals surface area contributed by atoms with Crippen molar-refractivity contribution in [3.05, 3.63) is 35.9 Å². The number of rotatable bonds is 8. The first-order chi connectivity index (χ1) is 10.1. The SMILES string of the molecule is CCCNC(=O)CCNC(=O)C(C(N)=S)c1ccccc1. The maximum Gasteiger partial charge on any atom is 0.234 e. The summed E-state index contributed by atoms with van der Waals surface area (Å²) in [6.45, 7) is 2.89. The smallest absolute Gasteiger partial charge is 0.234 e. The van der Waals surface area contributed by atoms with Crippen LogP contribution >= 0.6 is 12.2 Å². The van der Waals surface area contributed by atoms with Gasteiger partial charge in [0.1, 0.15) is 5.92 Å². The third-order valence-electron chi connectivity index (χ3n) is 2.90. The minimum Gasteiger partial charge on any atom is -0.392 e. The molecule has 21 heavy (non-hydrogen) atoms. The molecule has 1 atom stereocenters. The number of hydrogen-bond donors (Lipinski definition) is 3. The molecule has 0 saturated carbocycles. The van der Waals surface area contributed by atoms with Gasteiger partial charge < -0.3 is 16.4 Å². The summed E-state index contributed by atoms with van der Waals surface area (Å²) in [5.41, 5.74) is 6.41. The lowest BCUT2D eigenvalue weighted by molar-refractivity contribution is -0.122. The summed E-state index contributed by atoms with van der Waals surface area (Å²) in [6.07, 6.45) is 1.13. The molecule has 114 valence electrons. The van der Waals surface area contributed by atoms with E-state index in [-0.39, 0.29) is 29.8 Å². The van der Waals surface area contributed by atoms with Crippen LogP contribution in [-0.2, 0) is 9.59 Å². The van der Waals surface area contributed by atoms with E-state index in [2.05, 4.69) is 10.6 Å². The Kier molecular flexibility index (Phi) is 7.39. The van der Waals surface area contributed by atoms with Gasteiger partial charge in [-0.1, -0.05) is 49.5 Å². The predicted molar refractivity (Wildman–Crippen MR) is 86.9 cm³/mol. The van der Waals surface area contributed by atoms with Gasteiger partial charge in [0.15, 0.2) is 0 Å². The van der Waals surface area contributed by atoms with Crippen LogP contribution in [0.4, 0.5) is 0 Å². The number of nitrogens with two attached hydrogens (primary N) is 1. The van der Waals surface area contributed by atoms with E-state index >= 15 is 0 Å². The van der Waals surface area contributed by atoms with Gasteiger partial charge in [0, 0.05) is 19.5 Å². The number of hydrogen-bond acceptors (Lipinski definition) is 3. The highest BCUT2D eigenvalue weighted by Gasteiger charge is 2.23. The van der Waals surface area contributed by atoms with Gasteiger partial charge in [0.25, 0.3) is 0 Å². The number of amides is 2. The molecule has 4 N–H and O–H groups in total. The maximum atomic E-state index is 12.2. The molecule has 1 rings (SSSR count). The summed E-state index contributed by atoms with van der Waals surface area (Å²) < 4.78 is 0. The predicted octanol–water partition coefficient (Wildman–Crippen LogP) is 1.09. The van der Waals surface area contributed by atoms with Crippen LogP contribution in [0.5, 0.6) is 0 Å². The van der Waals surface area contributed by atoms with Crippen molar-refractivity contribution in [1.29, 1.82) is 0 Å². The summed E-state index contributed by atoms with van der Waals surface area (Å²) in [5, 5.41) is 5.45. The van der Waals surface area contributed by atoms with Crippen LogP contribution in [0.25, 0.3) is 0 Å². The summed E-state index contributed by atoms with van der Waals surface area (Å²) in [5.74, 6) is -1.03. The first kappa shape index (κ1) is 17.1. The Bertz CT molecular complexity index is 491. The van der Waals surface area contributed by atoms with Crippen molar-refractivity contribution in [1.82, 2.24) is 10.6 Å². The minimum atomic E-state index is -0.667. The topological polar surface area (TPSA) is 84.2 Å². The van der Waals surface area contributed by atoms with Gasteiger partial charge in [0.2, 0.25) is 11.8 Å². The largest absolute Gasteiger partial charge is 0.392 e. The Hall–Kier alpha value is -1.95. The van der Waals surface area contributed by atoms with Crippen LogP contribution in [-0.4, -0.2) is 29.9 Å². The molecule has 1 aromatic rings. The van der Waals surface area contributed by atoms with Gasteiger partial charge in [-0.05, 0) is 12.0 Å². The van der Waals surface area contributed by atoms with E-state index in [4.69, 9.17) is 18.0 Å². The summed E-state index contributed by atoms with van der Waals surface area (Å²) in [6, 6.07) is 9.11. The van der Waals surface area contributed by atoms with Crippen LogP contribution in [0.1, 0.15) is 31.2 Å². The molecule has 0 spiro atoms. The molecule has 6 heteroatoms. The maximum absolute atomic E-state index is 12.2. The Morgan fingerprint density at radius 3 is 2.43 bits per heavy atom. The van der Waals surface area contributed by atoms with Crippen molar-refractivity contribution in [3.63, 3.8) is 0 Å². The van der Waals surface area contributed by atoms with Gasteiger partial charge >= 0.3 is 0 Å². The highest BCUT2D eigenvalue weighted by molar-refractivity contribution is 7.80. The van der Waals surface area contributed by atoms with E-state index in [9.17, 15) is 9.59 Å². The highest BCUT2D eigenvalue weighted by Crippen LogP contribution is 2.16. The molecular weight excluding hydrogens is 286 g/mol. The standard InChI is InChI=1S/C15H21N3O2S/c1-2-9-17-12(19)8-10-18-15(20)13(14(16)21)11-6-4-3-5-7-11/h3-7,13H,2,8-10H2,1H3,(H2,16,21)(H,17,19)(H,18,20). The zero-order chi connectivity index (χ0) is 15.7. The Morgan fingerprint density at radius 2 is 1.86 bits per heavy atom. The average Bonchev–Trinajstić information content (AvgIpc) is 2.46. The molecule has 0 aliphatic rings. The van der Waals surface area contributed by atoms with Crippen LogP contribution in [0.2, 0.25) is 0 Å². The second-order valence-corrected chi connectivity index (χ2v) is 5.11. The normalized spacial score (nSPS) is 11.5. The van der Waals surface area contributed by atoms with Crippen LogP contribution in [0.3, 0.4) is 0 Å². The highest BCUT2D eigenvalue weighted by atomic mass is 32.1. The number of nitrogens with one attached hydrogen (secondary N) is 2. The van der Waals surface area contributed by atoms with Gasteiger partial charge in [-0.2, -0.15) is 0 Å². The van der Waals surface area contributed by atoms with Gasteiger partial charge in [-0.15, -0.1) is 0 Å². The fourth-order valence-electron chi connectivity index (χ4n) is 1.84. The molecule has 0 aliphatic heterocycles. The molecular formula is C15H21N3O2S. The van der Waals surface area contributed by atoms with E-state index in [1.54, 1.807) is 12.1 Å². The number of benzene rings is 1. The van der Waals surface area contributed by atoms with Gasteiger partial charge in [-0.3, -0.25) is 9.59 Å². The van der Waals surface area contributed by atoms with Crippen molar-refractivity contribution in [2.75, 3.05) is 13.1 Å². The lowest BCUT2D eigenvalue weighted by Gasteiger charge is -2.15. The Balaban J connectivity index is 2.52. The van der Waals surface area contributed by atoms with Crippen molar-refractivity contribution in [2.24, 2.45) is 5.73 Å². The molecule has 5 nitrogen and oxygen atoms in total. The third kappa shape index (κ3) is 5.91. The lowest BCUT2D eigenvalue weighted by Crippen LogP contribution is -2.38. The van der Waals surface area contributed by atoms with Crippen molar-refractivity contribution >= 4 is 29.0 Å². The monoisotopic (exact) mass is 307 g/mol. The third-order valence-corrected chi connectivity index (χ3v) is 3.14. The molecule has 2 amide bonds. The molecule has 0 radical (unpaired) electrons. The Labute approximate surface area is 130 Å². The fraction of sp³-hybridized carbons (Fsp3) is 0.400. The van der Waals surface area contributed by atoms with Crippen molar-refractivity contribution < 1.29 is 9.59 Å². The van der Waals surface area contributed by atoms with Crippen molar-refractivity contribution in [3.8, 4) is 0 Å². The summed E-state index contributed by atoms with van der Waals surface area (Å²) in [4.78, 5) is 23.7. The van der Waals surface area contributed by atoms with Gasteiger partial charge in [0.05, 0.1) is 4.99 Å². The molecule has 0 aliphatic carbocycles. The number of thiocarbonyl (C=S) groups is 1. The van der Waals surface area contributed by atoms with E-state index in [1.807, 2.05) is 25.1 Å². The van der Waals surface area contributed by atoms with Crippen molar-refractivity contribution in [2.45, 2.75) is 25.7 Å². The number of carbonyl (C=O) groups is 2. The first-order valence-electron chi connectivity index (χ1n) is 6.95. The molecule has 0 saturated heterocycles. The molecule has 1 unspecified atom stereocenters. The molecule has 0 aromatic heterocycles. The van der Waals surface area contributed by atoms with Crippen LogP contribution in [0.15, 0.2) is 30.3 Å². The lowest BCUT2D eigenvalue weighted by atomic mass is 9.98.